The van der Waals surface area contributed by atoms with Crippen LogP contribution in [0.5, 0.6) is 0 Å². The van der Waals surface area contributed by atoms with Crippen molar-refractivity contribution in [2.75, 3.05) is 6.54 Å². The van der Waals surface area contributed by atoms with E-state index in [1.54, 1.807) is 18.2 Å². The number of hydrogen-bond acceptors (Lipinski definition) is 4. The zero-order valence-electron chi connectivity index (χ0n) is 9.47. The molecule has 1 heterocycles. The molecule has 2 aromatic rings. The smallest absolute Gasteiger partial charge is 0.251 e. The van der Waals surface area contributed by atoms with Gasteiger partial charge in [-0.1, -0.05) is 19.1 Å². The molecule has 0 aliphatic rings. The van der Waals surface area contributed by atoms with Crippen molar-refractivity contribution in [3.8, 4) is 11.4 Å². The highest BCUT2D eigenvalue weighted by molar-refractivity contribution is 5.95. The molecule has 0 aliphatic heterocycles. The van der Waals surface area contributed by atoms with Crippen molar-refractivity contribution in [1.29, 1.82) is 0 Å². The number of H-pyrrole nitrogens is 1. The maximum absolute atomic E-state index is 11.8. The second-order valence-electron chi connectivity index (χ2n) is 3.57. The fourth-order valence-electron chi connectivity index (χ4n) is 1.42. The van der Waals surface area contributed by atoms with Crippen molar-refractivity contribution in [2.24, 2.45) is 0 Å². The monoisotopic (exact) mass is 231 g/mol. The lowest BCUT2D eigenvalue weighted by Gasteiger charge is -2.04. The molecule has 6 heteroatoms. The summed E-state index contributed by atoms with van der Waals surface area (Å²) in [4.78, 5) is 11.8. The predicted molar refractivity (Wildman–Crippen MR) is 62.2 cm³/mol. The molecule has 88 valence electrons. The molecular formula is C11H13N5O. The number of carbonyl (C=O) groups is 1. The Bertz CT molecular complexity index is 494. The second kappa shape index (κ2) is 5.20. The Kier molecular flexibility index (Phi) is 3.44. The van der Waals surface area contributed by atoms with Gasteiger partial charge in [-0.3, -0.25) is 4.79 Å². The summed E-state index contributed by atoms with van der Waals surface area (Å²) < 4.78 is 0. The second-order valence-corrected chi connectivity index (χ2v) is 3.57. The van der Waals surface area contributed by atoms with Gasteiger partial charge in [-0.05, 0) is 23.8 Å². The summed E-state index contributed by atoms with van der Waals surface area (Å²) in [6.07, 6.45) is 0.913. The van der Waals surface area contributed by atoms with Gasteiger partial charge in [0, 0.05) is 17.7 Å². The number of carbonyl (C=O) groups excluding carboxylic acids is 1. The van der Waals surface area contributed by atoms with Crippen LogP contribution in [0, 0.1) is 0 Å². The van der Waals surface area contributed by atoms with Gasteiger partial charge in [-0.2, -0.15) is 5.21 Å². The van der Waals surface area contributed by atoms with Crippen LogP contribution in [0.3, 0.4) is 0 Å². The maximum atomic E-state index is 11.8. The van der Waals surface area contributed by atoms with E-state index in [2.05, 4.69) is 25.9 Å². The molecule has 0 saturated heterocycles. The molecule has 1 amide bonds. The number of benzene rings is 1. The first-order chi connectivity index (χ1) is 8.31. The normalized spacial score (nSPS) is 10.2. The minimum absolute atomic E-state index is 0.0859. The van der Waals surface area contributed by atoms with Crippen LogP contribution in [-0.2, 0) is 0 Å². The van der Waals surface area contributed by atoms with E-state index in [9.17, 15) is 4.79 Å². The number of rotatable bonds is 4. The molecule has 1 aromatic carbocycles. The first-order valence-corrected chi connectivity index (χ1v) is 5.43. The molecule has 0 spiro atoms. The number of amides is 1. The number of hydrogen-bond donors (Lipinski definition) is 2. The zero-order valence-corrected chi connectivity index (χ0v) is 9.47. The maximum Gasteiger partial charge on any atom is 0.251 e. The highest BCUT2D eigenvalue weighted by atomic mass is 16.1. The molecule has 2 N–H and O–H groups in total. The number of nitrogens with zero attached hydrogens (tertiary/aromatic N) is 3. The average molecular weight is 231 g/mol. The summed E-state index contributed by atoms with van der Waals surface area (Å²) >= 11 is 0. The first-order valence-electron chi connectivity index (χ1n) is 5.43. The van der Waals surface area contributed by atoms with Gasteiger partial charge in [-0.15, -0.1) is 10.2 Å². The third-order valence-corrected chi connectivity index (χ3v) is 2.26. The van der Waals surface area contributed by atoms with Crippen LogP contribution >= 0.6 is 0 Å². The molecule has 17 heavy (non-hydrogen) atoms. The Morgan fingerprint density at radius 2 is 2.35 bits per heavy atom. The lowest BCUT2D eigenvalue weighted by atomic mass is 10.1. The van der Waals surface area contributed by atoms with Crippen molar-refractivity contribution >= 4 is 5.91 Å². The Labute approximate surface area is 98.4 Å². The minimum Gasteiger partial charge on any atom is -0.352 e. The Balaban J connectivity index is 2.20. The molecule has 0 saturated carbocycles. The third kappa shape index (κ3) is 2.66. The molecule has 0 bridgehead atoms. The van der Waals surface area contributed by atoms with Crippen molar-refractivity contribution in [3.63, 3.8) is 0 Å². The molecule has 0 fully saturated rings. The molecule has 0 aliphatic carbocycles. The van der Waals surface area contributed by atoms with Gasteiger partial charge in [0.15, 0.2) is 0 Å². The first kappa shape index (κ1) is 11.3. The highest BCUT2D eigenvalue weighted by Crippen LogP contribution is 2.14. The Morgan fingerprint density at radius 1 is 1.47 bits per heavy atom. The van der Waals surface area contributed by atoms with E-state index in [0.29, 0.717) is 17.9 Å². The summed E-state index contributed by atoms with van der Waals surface area (Å²) in [5, 5.41) is 16.4. The van der Waals surface area contributed by atoms with Crippen molar-refractivity contribution in [1.82, 2.24) is 25.9 Å². The van der Waals surface area contributed by atoms with E-state index in [1.807, 2.05) is 13.0 Å². The Hall–Kier alpha value is -2.24. The van der Waals surface area contributed by atoms with E-state index < -0.39 is 0 Å². The summed E-state index contributed by atoms with van der Waals surface area (Å²) in [6.45, 7) is 2.68. The van der Waals surface area contributed by atoms with E-state index in [4.69, 9.17) is 0 Å². The van der Waals surface area contributed by atoms with Gasteiger partial charge in [0.1, 0.15) is 0 Å². The van der Waals surface area contributed by atoms with Crippen LogP contribution in [0.4, 0.5) is 0 Å². The average Bonchev–Trinajstić information content (AvgIpc) is 2.90. The van der Waals surface area contributed by atoms with Crippen molar-refractivity contribution in [2.45, 2.75) is 13.3 Å². The van der Waals surface area contributed by atoms with Crippen LogP contribution < -0.4 is 5.32 Å². The summed E-state index contributed by atoms with van der Waals surface area (Å²) in [7, 11) is 0. The number of aromatic amines is 1. The van der Waals surface area contributed by atoms with Gasteiger partial charge in [-0.25, -0.2) is 0 Å². The minimum atomic E-state index is -0.0859. The topological polar surface area (TPSA) is 83.6 Å². The van der Waals surface area contributed by atoms with E-state index in [1.165, 1.54) is 0 Å². The van der Waals surface area contributed by atoms with E-state index >= 15 is 0 Å². The van der Waals surface area contributed by atoms with Gasteiger partial charge >= 0.3 is 0 Å². The van der Waals surface area contributed by atoms with Gasteiger partial charge < -0.3 is 5.32 Å². The van der Waals surface area contributed by atoms with Crippen molar-refractivity contribution < 1.29 is 4.79 Å². The largest absolute Gasteiger partial charge is 0.352 e. The van der Waals surface area contributed by atoms with E-state index in [-0.39, 0.29) is 5.91 Å². The molecule has 0 atom stereocenters. The fraction of sp³-hybridized carbons (Fsp3) is 0.273. The fourth-order valence-corrected chi connectivity index (χ4v) is 1.42. The lowest BCUT2D eigenvalue weighted by Crippen LogP contribution is -2.23. The lowest BCUT2D eigenvalue weighted by molar-refractivity contribution is 0.0953. The van der Waals surface area contributed by atoms with Crippen LogP contribution in [-0.4, -0.2) is 33.1 Å². The zero-order chi connectivity index (χ0) is 12.1. The predicted octanol–water partition coefficient (Wildman–Crippen LogP) is 1.01. The Morgan fingerprint density at radius 3 is 3.06 bits per heavy atom. The van der Waals surface area contributed by atoms with Crippen LogP contribution in [0.15, 0.2) is 24.3 Å². The van der Waals surface area contributed by atoms with Gasteiger partial charge in [0.2, 0.25) is 5.82 Å². The molecule has 0 radical (unpaired) electrons. The summed E-state index contributed by atoms with van der Waals surface area (Å²) in [6, 6.07) is 7.14. The van der Waals surface area contributed by atoms with Gasteiger partial charge in [0.05, 0.1) is 0 Å². The SMILES string of the molecule is CCCNC(=O)c1cccc(-c2nn[nH]n2)c1. The van der Waals surface area contributed by atoms with Crippen LogP contribution in [0.2, 0.25) is 0 Å². The highest BCUT2D eigenvalue weighted by Gasteiger charge is 2.08. The molecule has 1 aromatic heterocycles. The molecular weight excluding hydrogens is 218 g/mol. The van der Waals surface area contributed by atoms with Crippen LogP contribution in [0.1, 0.15) is 23.7 Å². The van der Waals surface area contributed by atoms with Gasteiger partial charge in [0.25, 0.3) is 5.91 Å². The van der Waals surface area contributed by atoms with Crippen molar-refractivity contribution in [3.05, 3.63) is 29.8 Å². The summed E-state index contributed by atoms with van der Waals surface area (Å²) in [5.74, 6) is 0.396. The standard InChI is InChI=1S/C11H13N5O/c1-2-6-12-11(17)9-5-3-4-8(7-9)10-13-15-16-14-10/h3-5,7H,2,6H2,1H3,(H,12,17)(H,13,14,15,16). The molecule has 0 unspecified atom stereocenters. The summed E-state index contributed by atoms with van der Waals surface area (Å²) in [5.41, 5.74) is 1.36. The third-order valence-electron chi connectivity index (χ3n) is 2.26. The number of aromatic nitrogens is 4. The molecule has 2 rings (SSSR count). The van der Waals surface area contributed by atoms with Crippen LogP contribution in [0.25, 0.3) is 11.4 Å². The quantitative estimate of drug-likeness (QED) is 0.822. The number of tetrazole rings is 1. The number of nitrogens with one attached hydrogen (secondary N) is 2. The van der Waals surface area contributed by atoms with E-state index in [0.717, 1.165) is 12.0 Å². The molecule has 6 nitrogen and oxygen atoms in total.